The minimum atomic E-state index is -5.15. The third-order valence-corrected chi connectivity index (χ3v) is 39.5. The van der Waals surface area contributed by atoms with Crippen molar-refractivity contribution in [3.8, 4) is 0 Å². The lowest BCUT2D eigenvalue weighted by Crippen LogP contribution is -2.83. The Labute approximate surface area is 293 Å². The van der Waals surface area contributed by atoms with Crippen molar-refractivity contribution in [3.63, 3.8) is 0 Å². The van der Waals surface area contributed by atoms with Crippen LogP contribution in [0.1, 0.15) is 0 Å². The molecule has 47 heavy (non-hydrogen) atoms. The molecular weight excluding hydrogens is 825 g/mol. The van der Waals surface area contributed by atoms with Crippen molar-refractivity contribution in [1.29, 1.82) is 0 Å². The van der Waals surface area contributed by atoms with Gasteiger partial charge in [-0.25, -0.2) is 0 Å². The van der Waals surface area contributed by atoms with Gasteiger partial charge in [0, 0.05) is 0 Å². The second-order valence-corrected chi connectivity index (χ2v) is 59.3. The molecule has 0 aromatic rings. The Kier molecular flexibility index (Phi) is 13.4. The van der Waals surface area contributed by atoms with Crippen LogP contribution in [0.3, 0.4) is 0 Å². The van der Waals surface area contributed by atoms with E-state index in [0.29, 0.717) is 0 Å². The zero-order chi connectivity index (χ0) is 37.2. The molecule has 280 valence electrons. The van der Waals surface area contributed by atoms with E-state index in [1.54, 1.807) is 118 Å². The Balaban J connectivity index is 3.11. The monoisotopic (exact) mass is 882 g/mol. The molecule has 0 radical (unpaired) electrons. The fourth-order valence-corrected chi connectivity index (χ4v) is 44.2. The summed E-state index contributed by atoms with van der Waals surface area (Å²) < 4.78 is 81.2. The van der Waals surface area contributed by atoms with Gasteiger partial charge in [-0.3, -0.25) is 0 Å². The average molecular weight is 884 g/mol. The van der Waals surface area contributed by atoms with Gasteiger partial charge in [0.05, 0.1) is 0 Å². The smallest absolute Gasteiger partial charge is 0.396 e. The molecule has 2 bridgehead atoms. The highest BCUT2D eigenvalue weighted by atomic mass is 28.6. The van der Waals surface area contributed by atoms with Gasteiger partial charge in [0.2, 0.25) is 0 Å². The van der Waals surface area contributed by atoms with E-state index in [-0.39, 0.29) is 0 Å². The van der Waals surface area contributed by atoms with Crippen LogP contribution >= 0.6 is 0 Å². The van der Waals surface area contributed by atoms with E-state index in [2.05, 4.69) is 0 Å². The summed E-state index contributed by atoms with van der Waals surface area (Å²) in [4.78, 5) is 48.6. The summed E-state index contributed by atoms with van der Waals surface area (Å²) in [6.45, 7) is 31.8. The summed E-state index contributed by atoms with van der Waals surface area (Å²) in [5, 5.41) is 0. The summed E-state index contributed by atoms with van der Waals surface area (Å²) in [5.41, 5.74) is 0. The van der Waals surface area contributed by atoms with Gasteiger partial charge in [-0.15, -0.1) is 0 Å². The quantitative estimate of drug-likeness (QED) is 0.208. The fraction of sp³-hybridized carbons (Fsp3) is 1.00. The van der Waals surface area contributed by atoms with Gasteiger partial charge < -0.3 is 72.7 Å². The van der Waals surface area contributed by atoms with Crippen molar-refractivity contribution in [2.24, 2.45) is 0 Å². The highest BCUT2D eigenvalue weighted by molar-refractivity contribution is 6.96. The number of hydrogen-bond donors (Lipinski definition) is 4. The maximum absolute atomic E-state index is 12.1. The van der Waals surface area contributed by atoms with Crippen molar-refractivity contribution in [3.05, 3.63) is 0 Å². The maximum atomic E-state index is 12.1. The summed E-state index contributed by atoms with van der Waals surface area (Å²) in [7, 11) is -47.7. The third kappa shape index (κ3) is 15.8. The molecule has 0 aliphatic carbocycles. The molecule has 0 saturated carbocycles. The van der Waals surface area contributed by atoms with E-state index in [0.717, 1.165) is 0 Å². The summed E-state index contributed by atoms with van der Waals surface area (Å²) in [6, 6.07) is 0. The average Bonchev–Trinajstić information content (AvgIpc) is 2.52. The molecule has 2 aliphatic rings. The molecule has 2 fully saturated rings. The molecule has 2 unspecified atom stereocenters. The largest absolute Gasteiger partial charge is 0.654 e. The fourth-order valence-electron chi connectivity index (χ4n) is 3.91. The van der Waals surface area contributed by atoms with E-state index < -0.39 is 104 Å². The molecular formula is C18H58O17Si12. The molecule has 0 amide bonds. The van der Waals surface area contributed by atoms with Crippen LogP contribution in [-0.4, -0.2) is 123 Å². The second-order valence-electron chi connectivity index (χ2n) is 17.1. The molecule has 0 aromatic carbocycles. The molecule has 4 N–H and O–H groups in total. The standard InChI is InChI=1S/C18H58O17Si12/c1-36(2,3)23-42(19)29-43(20,24-37(4,5)6)32-47(28-41(16,17)18)34-45(22,26-39(10,11)12)30-44(21,25-38(7,8)9)33-46(31-42,35-47)27-40(13,14)15/h19-22H,1-18H3/t42-,43+,44+,45-,46?,47?. The van der Waals surface area contributed by atoms with Crippen LogP contribution in [-0.2, 0) is 53.5 Å². The Morgan fingerprint density at radius 3 is 0.596 bits per heavy atom. The van der Waals surface area contributed by atoms with Crippen molar-refractivity contribution in [2.75, 3.05) is 0 Å². The minimum absolute atomic E-state index is 1.76. The first-order chi connectivity index (χ1) is 20.2. The molecule has 2 rings (SSSR count). The van der Waals surface area contributed by atoms with E-state index in [4.69, 9.17) is 53.5 Å². The first-order valence-corrected chi connectivity index (χ1v) is 45.6. The lowest BCUT2D eigenvalue weighted by molar-refractivity contribution is -0.0706. The molecule has 6 atom stereocenters. The first kappa shape index (κ1) is 45.1. The number of rotatable bonds is 12. The molecule has 2 aliphatic heterocycles. The Morgan fingerprint density at radius 1 is 0.277 bits per heavy atom. The van der Waals surface area contributed by atoms with Gasteiger partial charge >= 0.3 is 54.3 Å². The Hall–Kier alpha value is 1.92. The van der Waals surface area contributed by atoms with E-state index in [1.165, 1.54) is 0 Å². The van der Waals surface area contributed by atoms with E-state index in [1.807, 2.05) is 0 Å². The highest BCUT2D eigenvalue weighted by Crippen LogP contribution is 2.42. The Morgan fingerprint density at radius 2 is 0.447 bits per heavy atom. The van der Waals surface area contributed by atoms with Crippen LogP contribution < -0.4 is 0 Å². The lowest BCUT2D eigenvalue weighted by Gasteiger charge is -2.51. The predicted octanol–water partition coefficient (Wildman–Crippen LogP) is 2.82. The van der Waals surface area contributed by atoms with Crippen LogP contribution in [0.25, 0.3) is 0 Å². The zero-order valence-electron chi connectivity index (χ0n) is 31.1. The van der Waals surface area contributed by atoms with Gasteiger partial charge in [0.1, 0.15) is 0 Å². The van der Waals surface area contributed by atoms with Crippen LogP contribution in [0, 0.1) is 0 Å². The molecule has 0 aromatic heterocycles. The SMILES string of the molecule is C[Si](C)(C)O[Si]12O[Si](O[Si](C)(C)C)(O[Si@](O)(O[Si](C)(C)C)O[Si@](O)(O[Si](C)(C)C)O1)O[Si@@](O)(O[Si](C)(C)C)O[Si@@](O)(O[Si](C)(C)C)O2. The van der Waals surface area contributed by atoms with Gasteiger partial charge in [-0.2, -0.15) is 0 Å². The van der Waals surface area contributed by atoms with E-state index in [9.17, 15) is 19.2 Å². The number of fused-ring (bicyclic) bond motifs is 2. The molecule has 17 nitrogen and oxygen atoms in total. The maximum Gasteiger partial charge on any atom is 0.654 e. The predicted molar refractivity (Wildman–Crippen MR) is 198 cm³/mol. The number of hydrogen-bond acceptors (Lipinski definition) is 17. The van der Waals surface area contributed by atoms with Crippen LogP contribution in [0.4, 0.5) is 0 Å². The van der Waals surface area contributed by atoms with Gasteiger partial charge in [-0.05, 0) is 118 Å². The second kappa shape index (κ2) is 14.0. The first-order valence-electron chi connectivity index (χ1n) is 15.2. The lowest BCUT2D eigenvalue weighted by atomic mass is 11.8. The topological polar surface area (TPSA) is 201 Å². The third-order valence-electron chi connectivity index (χ3n) is 4.38. The Bertz CT molecular complexity index is 958. The summed E-state index contributed by atoms with van der Waals surface area (Å²) in [5.74, 6) is 0. The van der Waals surface area contributed by atoms with Crippen molar-refractivity contribution >= 4 is 104 Å². The highest BCUT2D eigenvalue weighted by Gasteiger charge is 2.81. The van der Waals surface area contributed by atoms with Crippen LogP contribution in [0.2, 0.25) is 118 Å². The van der Waals surface area contributed by atoms with Crippen LogP contribution in [0.15, 0.2) is 0 Å². The summed E-state index contributed by atoms with van der Waals surface area (Å²) >= 11 is 0. The molecule has 0 spiro atoms. The summed E-state index contributed by atoms with van der Waals surface area (Å²) in [6.07, 6.45) is 0. The van der Waals surface area contributed by atoms with Gasteiger partial charge in [-0.1, -0.05) is 0 Å². The minimum Gasteiger partial charge on any atom is -0.396 e. The zero-order valence-corrected chi connectivity index (χ0v) is 43.1. The van der Waals surface area contributed by atoms with Crippen molar-refractivity contribution in [2.45, 2.75) is 118 Å². The molecule has 2 saturated heterocycles. The van der Waals surface area contributed by atoms with Gasteiger partial charge in [0.15, 0.2) is 49.9 Å². The van der Waals surface area contributed by atoms with Crippen molar-refractivity contribution < 1.29 is 72.7 Å². The van der Waals surface area contributed by atoms with E-state index >= 15 is 0 Å². The normalized spacial score (nSPS) is 37.1. The molecule has 2 heterocycles. The van der Waals surface area contributed by atoms with Crippen molar-refractivity contribution in [1.82, 2.24) is 0 Å². The van der Waals surface area contributed by atoms with Crippen LogP contribution in [0.5, 0.6) is 0 Å². The van der Waals surface area contributed by atoms with Gasteiger partial charge in [0.25, 0.3) is 0 Å². The molecule has 29 heteroatoms.